The molecule has 1 aliphatic carbocycles. The second kappa shape index (κ2) is 10.2. The summed E-state index contributed by atoms with van der Waals surface area (Å²) in [5.41, 5.74) is 1.45. The van der Waals surface area contributed by atoms with Gasteiger partial charge >= 0.3 is 0 Å². The van der Waals surface area contributed by atoms with Crippen molar-refractivity contribution in [3.63, 3.8) is 0 Å². The average molecular weight is 422 g/mol. The normalized spacial score (nSPS) is 20.7. The van der Waals surface area contributed by atoms with Crippen molar-refractivity contribution in [2.75, 3.05) is 38.1 Å². The van der Waals surface area contributed by atoms with Gasteiger partial charge in [-0.3, -0.25) is 9.69 Å². The van der Waals surface area contributed by atoms with Gasteiger partial charge in [-0.25, -0.2) is 0 Å². The summed E-state index contributed by atoms with van der Waals surface area (Å²) in [6.45, 7) is 3.02. The molecule has 1 saturated carbocycles. The Kier molecular flexibility index (Phi) is 7.17. The first kappa shape index (κ1) is 21.8. The SMILES string of the molecule is CN(CC(=O)NCC1(c2ccccc2)CCCCC1)CC1CCCN1c1cccnn1. The van der Waals surface area contributed by atoms with Gasteiger partial charge in [0.2, 0.25) is 5.91 Å². The summed E-state index contributed by atoms with van der Waals surface area (Å²) in [5, 5.41) is 11.6. The molecule has 2 heterocycles. The summed E-state index contributed by atoms with van der Waals surface area (Å²) >= 11 is 0. The van der Waals surface area contributed by atoms with Crippen LogP contribution in [0.3, 0.4) is 0 Å². The molecule has 31 heavy (non-hydrogen) atoms. The number of amides is 1. The number of aromatic nitrogens is 2. The molecule has 0 radical (unpaired) electrons. The summed E-state index contributed by atoms with van der Waals surface area (Å²) in [7, 11) is 2.04. The fourth-order valence-corrected chi connectivity index (χ4v) is 5.35. The van der Waals surface area contributed by atoms with Crippen LogP contribution in [-0.2, 0) is 10.2 Å². The first-order valence-electron chi connectivity index (χ1n) is 11.7. The molecule has 6 heteroatoms. The Morgan fingerprint density at radius 2 is 1.94 bits per heavy atom. The predicted molar refractivity (Wildman–Crippen MR) is 124 cm³/mol. The van der Waals surface area contributed by atoms with Gasteiger partial charge in [0.05, 0.1) is 6.54 Å². The van der Waals surface area contributed by atoms with Gasteiger partial charge in [-0.1, -0.05) is 49.6 Å². The highest BCUT2D eigenvalue weighted by Crippen LogP contribution is 2.38. The molecule has 1 N–H and O–H groups in total. The summed E-state index contributed by atoms with van der Waals surface area (Å²) < 4.78 is 0. The summed E-state index contributed by atoms with van der Waals surface area (Å²) in [6, 6.07) is 15.1. The highest BCUT2D eigenvalue weighted by Gasteiger charge is 2.34. The Morgan fingerprint density at radius 1 is 1.13 bits per heavy atom. The molecule has 2 aliphatic rings. The van der Waals surface area contributed by atoms with Gasteiger partial charge in [0.1, 0.15) is 0 Å². The molecular formula is C25H35N5O. The van der Waals surface area contributed by atoms with E-state index in [2.05, 4.69) is 55.6 Å². The smallest absolute Gasteiger partial charge is 0.234 e. The third-order valence-corrected chi connectivity index (χ3v) is 6.99. The Bertz CT molecular complexity index is 822. The number of nitrogens with one attached hydrogen (secondary N) is 1. The molecule has 1 saturated heterocycles. The lowest BCUT2D eigenvalue weighted by atomic mass is 9.69. The molecule has 0 bridgehead atoms. The van der Waals surface area contributed by atoms with Crippen molar-refractivity contribution < 1.29 is 4.79 Å². The van der Waals surface area contributed by atoms with E-state index in [0.717, 1.165) is 51.1 Å². The van der Waals surface area contributed by atoms with Crippen LogP contribution in [0.2, 0.25) is 0 Å². The number of hydrogen-bond donors (Lipinski definition) is 1. The quantitative estimate of drug-likeness (QED) is 0.708. The maximum absolute atomic E-state index is 12.8. The largest absolute Gasteiger partial charge is 0.354 e. The topological polar surface area (TPSA) is 61.4 Å². The molecule has 1 aromatic heterocycles. The first-order valence-corrected chi connectivity index (χ1v) is 11.7. The number of rotatable bonds is 8. The van der Waals surface area contributed by atoms with Crippen LogP contribution in [0.15, 0.2) is 48.7 Å². The van der Waals surface area contributed by atoms with Gasteiger partial charge < -0.3 is 10.2 Å². The molecule has 2 aromatic rings. The van der Waals surface area contributed by atoms with E-state index in [1.807, 2.05) is 19.2 Å². The van der Waals surface area contributed by atoms with Gasteiger partial charge in [-0.15, -0.1) is 5.10 Å². The van der Waals surface area contributed by atoms with E-state index in [1.54, 1.807) is 6.20 Å². The zero-order chi connectivity index (χ0) is 21.5. The Morgan fingerprint density at radius 3 is 2.68 bits per heavy atom. The van der Waals surface area contributed by atoms with Gasteiger partial charge in [0.25, 0.3) is 0 Å². The van der Waals surface area contributed by atoms with Crippen LogP contribution in [-0.4, -0.2) is 60.3 Å². The predicted octanol–water partition coefficient (Wildman–Crippen LogP) is 3.40. The Labute approximate surface area is 186 Å². The van der Waals surface area contributed by atoms with Crippen molar-refractivity contribution in [3.8, 4) is 0 Å². The van der Waals surface area contributed by atoms with Crippen molar-refractivity contribution in [2.45, 2.75) is 56.4 Å². The molecule has 1 unspecified atom stereocenters. The van der Waals surface area contributed by atoms with Crippen molar-refractivity contribution >= 4 is 11.7 Å². The lowest BCUT2D eigenvalue weighted by molar-refractivity contribution is -0.122. The van der Waals surface area contributed by atoms with Crippen LogP contribution in [0.1, 0.15) is 50.5 Å². The molecule has 166 valence electrons. The lowest BCUT2D eigenvalue weighted by Gasteiger charge is -2.38. The number of nitrogens with zero attached hydrogens (tertiary/aromatic N) is 4. The van der Waals surface area contributed by atoms with Gasteiger partial charge in [0.15, 0.2) is 5.82 Å². The van der Waals surface area contributed by atoms with Crippen LogP contribution in [0, 0.1) is 0 Å². The molecule has 2 fully saturated rings. The molecule has 1 amide bonds. The second-order valence-corrected chi connectivity index (χ2v) is 9.25. The van der Waals surface area contributed by atoms with Gasteiger partial charge in [-0.05, 0) is 50.4 Å². The number of anilines is 1. The second-order valence-electron chi connectivity index (χ2n) is 9.25. The van der Waals surface area contributed by atoms with E-state index >= 15 is 0 Å². The van der Waals surface area contributed by atoms with Crippen LogP contribution >= 0.6 is 0 Å². The minimum atomic E-state index is 0.0853. The molecule has 1 aliphatic heterocycles. The highest BCUT2D eigenvalue weighted by atomic mass is 16.2. The zero-order valence-corrected chi connectivity index (χ0v) is 18.7. The fourth-order valence-electron chi connectivity index (χ4n) is 5.35. The number of carbonyl (C=O) groups excluding carboxylic acids is 1. The molecule has 1 aromatic carbocycles. The fraction of sp³-hybridized carbons (Fsp3) is 0.560. The van der Waals surface area contributed by atoms with Crippen molar-refractivity contribution in [3.05, 3.63) is 54.2 Å². The summed E-state index contributed by atoms with van der Waals surface area (Å²) in [5.74, 6) is 1.05. The van der Waals surface area contributed by atoms with Gasteiger partial charge in [-0.2, -0.15) is 5.10 Å². The molecule has 4 rings (SSSR count). The molecule has 6 nitrogen and oxygen atoms in total. The van der Waals surface area contributed by atoms with Crippen molar-refractivity contribution in [1.29, 1.82) is 0 Å². The highest BCUT2D eigenvalue weighted by molar-refractivity contribution is 5.78. The van der Waals surface area contributed by atoms with Crippen molar-refractivity contribution in [2.24, 2.45) is 0 Å². The van der Waals surface area contributed by atoms with E-state index in [-0.39, 0.29) is 11.3 Å². The van der Waals surface area contributed by atoms with E-state index in [4.69, 9.17) is 0 Å². The third kappa shape index (κ3) is 5.42. The van der Waals surface area contributed by atoms with Crippen LogP contribution in [0.25, 0.3) is 0 Å². The molecular weight excluding hydrogens is 386 g/mol. The maximum Gasteiger partial charge on any atom is 0.234 e. The number of benzene rings is 1. The van der Waals surface area contributed by atoms with E-state index in [0.29, 0.717) is 12.6 Å². The molecule has 0 spiro atoms. The Hall–Kier alpha value is -2.47. The minimum Gasteiger partial charge on any atom is -0.354 e. The van der Waals surface area contributed by atoms with Crippen LogP contribution in [0.5, 0.6) is 0 Å². The average Bonchev–Trinajstić information content (AvgIpc) is 3.27. The van der Waals surface area contributed by atoms with Crippen LogP contribution < -0.4 is 10.2 Å². The lowest BCUT2D eigenvalue weighted by Crippen LogP contribution is -2.47. The van der Waals surface area contributed by atoms with E-state index in [1.165, 1.54) is 24.8 Å². The van der Waals surface area contributed by atoms with E-state index in [9.17, 15) is 4.79 Å². The number of likely N-dealkylation sites (N-methyl/N-ethyl adjacent to an activating group) is 1. The van der Waals surface area contributed by atoms with Crippen LogP contribution in [0.4, 0.5) is 5.82 Å². The standard InChI is InChI=1S/C25H35N5O/c1-29(18-22-12-9-17-30(22)23-13-8-16-27-28-23)19-24(31)26-20-25(14-6-3-7-15-25)21-10-4-2-5-11-21/h2,4-5,8,10-11,13,16,22H,3,6-7,9,12,14-15,17-20H2,1H3,(H,26,31). The first-order chi connectivity index (χ1) is 15.2. The maximum atomic E-state index is 12.8. The molecule has 1 atom stereocenters. The van der Waals surface area contributed by atoms with Gasteiger partial charge in [0, 0.05) is 37.3 Å². The zero-order valence-electron chi connectivity index (χ0n) is 18.7. The summed E-state index contributed by atoms with van der Waals surface area (Å²) in [6.07, 6.45) is 10.1. The minimum absolute atomic E-state index is 0.0853. The summed E-state index contributed by atoms with van der Waals surface area (Å²) in [4.78, 5) is 17.3. The van der Waals surface area contributed by atoms with Crippen molar-refractivity contribution in [1.82, 2.24) is 20.4 Å². The number of carbonyl (C=O) groups is 1. The number of hydrogen-bond acceptors (Lipinski definition) is 5. The third-order valence-electron chi connectivity index (χ3n) is 6.99. The Balaban J connectivity index is 1.31. The van der Waals surface area contributed by atoms with E-state index < -0.39 is 0 Å². The monoisotopic (exact) mass is 421 g/mol.